The summed E-state index contributed by atoms with van der Waals surface area (Å²) in [5.41, 5.74) is 0. The average Bonchev–Trinajstić information content (AvgIpc) is 2.16. The van der Waals surface area contributed by atoms with Gasteiger partial charge in [0, 0.05) is 18.0 Å². The highest BCUT2D eigenvalue weighted by Crippen LogP contribution is 2.17. The van der Waals surface area contributed by atoms with Gasteiger partial charge < -0.3 is 5.32 Å². The third-order valence-corrected chi connectivity index (χ3v) is 3.14. The first-order chi connectivity index (χ1) is 5.83. The molecule has 1 atom stereocenters. The van der Waals surface area contributed by atoms with E-state index in [1.807, 2.05) is 0 Å². The van der Waals surface area contributed by atoms with E-state index in [1.165, 1.54) is 32.1 Å². The lowest BCUT2D eigenvalue weighted by atomic mass is 9.95. The van der Waals surface area contributed by atoms with Crippen LogP contribution in [0.15, 0.2) is 0 Å². The molecule has 0 aromatic heterocycles. The van der Waals surface area contributed by atoms with Gasteiger partial charge in [0.2, 0.25) is 0 Å². The van der Waals surface area contributed by atoms with Crippen molar-refractivity contribution in [2.24, 2.45) is 0 Å². The molecule has 1 aliphatic carbocycles. The zero-order valence-corrected chi connectivity index (χ0v) is 8.74. The lowest BCUT2D eigenvalue weighted by Crippen LogP contribution is -2.35. The minimum atomic E-state index is 0.326. The summed E-state index contributed by atoms with van der Waals surface area (Å²) in [6.45, 7) is 3.13. The molecule has 1 unspecified atom stereocenters. The van der Waals surface area contributed by atoms with E-state index in [0.717, 1.165) is 19.0 Å². The topological polar surface area (TPSA) is 12.0 Å². The van der Waals surface area contributed by atoms with Crippen LogP contribution in [0.3, 0.4) is 0 Å². The molecule has 0 spiro atoms. The number of halogens is 1. The minimum absolute atomic E-state index is 0.326. The third-order valence-electron chi connectivity index (χ3n) is 2.68. The van der Waals surface area contributed by atoms with Gasteiger partial charge in [-0.1, -0.05) is 26.2 Å². The van der Waals surface area contributed by atoms with Crippen LogP contribution in [0.2, 0.25) is 0 Å². The fourth-order valence-electron chi connectivity index (χ4n) is 1.75. The second kappa shape index (κ2) is 5.82. The van der Waals surface area contributed by atoms with Gasteiger partial charge in [0.1, 0.15) is 0 Å². The smallest absolute Gasteiger partial charge is 0.0458 e. The molecule has 0 aliphatic heterocycles. The third kappa shape index (κ3) is 3.77. The molecule has 0 radical (unpaired) electrons. The van der Waals surface area contributed by atoms with Crippen molar-refractivity contribution in [3.63, 3.8) is 0 Å². The standard InChI is InChI=1S/C10H20ClN/c1-2-9(11)8-12-10-6-4-3-5-7-10/h9-10,12H,2-8H2,1H3. The molecule has 0 heterocycles. The van der Waals surface area contributed by atoms with E-state index >= 15 is 0 Å². The van der Waals surface area contributed by atoms with Gasteiger partial charge in [-0.05, 0) is 19.3 Å². The Morgan fingerprint density at radius 2 is 2.00 bits per heavy atom. The maximum absolute atomic E-state index is 6.02. The Kier molecular flexibility index (Phi) is 5.01. The lowest BCUT2D eigenvalue weighted by molar-refractivity contribution is 0.373. The van der Waals surface area contributed by atoms with Gasteiger partial charge in [0.25, 0.3) is 0 Å². The van der Waals surface area contributed by atoms with Crippen LogP contribution in [-0.2, 0) is 0 Å². The Labute approximate surface area is 80.9 Å². The van der Waals surface area contributed by atoms with E-state index in [2.05, 4.69) is 12.2 Å². The van der Waals surface area contributed by atoms with Crippen molar-refractivity contribution in [3.8, 4) is 0 Å². The van der Waals surface area contributed by atoms with Crippen molar-refractivity contribution in [2.45, 2.75) is 56.9 Å². The summed E-state index contributed by atoms with van der Waals surface area (Å²) in [6.07, 6.45) is 8.01. The first-order valence-electron chi connectivity index (χ1n) is 5.20. The highest BCUT2D eigenvalue weighted by Gasteiger charge is 2.13. The molecule has 12 heavy (non-hydrogen) atoms. The first kappa shape index (κ1) is 10.3. The molecule has 2 heteroatoms. The average molecular weight is 190 g/mol. The van der Waals surface area contributed by atoms with E-state index in [0.29, 0.717) is 5.38 Å². The Bertz CT molecular complexity index is 110. The predicted octanol–water partition coefficient (Wildman–Crippen LogP) is 2.93. The zero-order chi connectivity index (χ0) is 8.81. The fourth-order valence-corrected chi connectivity index (χ4v) is 1.83. The highest BCUT2D eigenvalue weighted by atomic mass is 35.5. The zero-order valence-electron chi connectivity index (χ0n) is 7.98. The Hall–Kier alpha value is 0.250. The number of nitrogens with one attached hydrogen (secondary N) is 1. The van der Waals surface area contributed by atoms with E-state index < -0.39 is 0 Å². The maximum Gasteiger partial charge on any atom is 0.0458 e. The summed E-state index contributed by atoms with van der Waals surface area (Å²) < 4.78 is 0. The second-order valence-electron chi connectivity index (χ2n) is 3.75. The van der Waals surface area contributed by atoms with Gasteiger partial charge in [-0.2, -0.15) is 0 Å². The van der Waals surface area contributed by atoms with Gasteiger partial charge in [-0.25, -0.2) is 0 Å². The van der Waals surface area contributed by atoms with Gasteiger partial charge in [-0.15, -0.1) is 11.6 Å². The Morgan fingerprint density at radius 3 is 2.58 bits per heavy atom. The molecule has 1 N–H and O–H groups in total. The quantitative estimate of drug-likeness (QED) is 0.671. The van der Waals surface area contributed by atoms with E-state index in [-0.39, 0.29) is 0 Å². The second-order valence-corrected chi connectivity index (χ2v) is 4.37. The van der Waals surface area contributed by atoms with Crippen LogP contribution in [0.4, 0.5) is 0 Å². The number of alkyl halides is 1. The summed E-state index contributed by atoms with van der Waals surface area (Å²) in [5.74, 6) is 0. The van der Waals surface area contributed by atoms with Crippen molar-refractivity contribution in [2.75, 3.05) is 6.54 Å². The summed E-state index contributed by atoms with van der Waals surface area (Å²) in [6, 6.07) is 0.756. The van der Waals surface area contributed by atoms with Gasteiger partial charge in [-0.3, -0.25) is 0 Å². The molecule has 1 nitrogen and oxygen atoms in total. The molecule has 72 valence electrons. The number of rotatable bonds is 4. The highest BCUT2D eigenvalue weighted by molar-refractivity contribution is 6.20. The summed E-state index contributed by atoms with van der Waals surface area (Å²) >= 11 is 6.02. The fraction of sp³-hybridized carbons (Fsp3) is 1.00. The van der Waals surface area contributed by atoms with Crippen molar-refractivity contribution in [3.05, 3.63) is 0 Å². The van der Waals surface area contributed by atoms with Gasteiger partial charge in [0.15, 0.2) is 0 Å². The maximum atomic E-state index is 6.02. The van der Waals surface area contributed by atoms with Crippen molar-refractivity contribution in [1.82, 2.24) is 5.32 Å². The minimum Gasteiger partial charge on any atom is -0.313 e. The SMILES string of the molecule is CCC(Cl)CNC1CCCCC1. The van der Waals surface area contributed by atoms with Crippen LogP contribution in [0.1, 0.15) is 45.4 Å². The van der Waals surface area contributed by atoms with Gasteiger partial charge >= 0.3 is 0 Å². The van der Waals surface area contributed by atoms with Crippen molar-refractivity contribution < 1.29 is 0 Å². The summed E-state index contributed by atoms with van der Waals surface area (Å²) in [5, 5.41) is 3.87. The summed E-state index contributed by atoms with van der Waals surface area (Å²) in [4.78, 5) is 0. The van der Waals surface area contributed by atoms with Crippen molar-refractivity contribution in [1.29, 1.82) is 0 Å². The molecule has 0 bridgehead atoms. The molecular formula is C10H20ClN. The molecule has 1 saturated carbocycles. The van der Waals surface area contributed by atoms with Crippen LogP contribution in [0, 0.1) is 0 Å². The molecule has 0 saturated heterocycles. The molecule has 1 aliphatic rings. The Balaban J connectivity index is 2.05. The van der Waals surface area contributed by atoms with Crippen molar-refractivity contribution >= 4 is 11.6 Å². The first-order valence-corrected chi connectivity index (χ1v) is 5.64. The van der Waals surface area contributed by atoms with E-state index in [4.69, 9.17) is 11.6 Å². The molecular weight excluding hydrogens is 170 g/mol. The molecule has 1 rings (SSSR count). The van der Waals surface area contributed by atoms with E-state index in [1.54, 1.807) is 0 Å². The van der Waals surface area contributed by atoms with Crippen LogP contribution >= 0.6 is 11.6 Å². The number of hydrogen-bond acceptors (Lipinski definition) is 1. The lowest BCUT2D eigenvalue weighted by Gasteiger charge is -2.23. The van der Waals surface area contributed by atoms with Gasteiger partial charge in [0.05, 0.1) is 0 Å². The van der Waals surface area contributed by atoms with Crippen LogP contribution in [0.5, 0.6) is 0 Å². The van der Waals surface area contributed by atoms with Crippen LogP contribution in [0.25, 0.3) is 0 Å². The largest absolute Gasteiger partial charge is 0.313 e. The predicted molar refractivity (Wildman–Crippen MR) is 54.8 cm³/mol. The molecule has 1 fully saturated rings. The molecule has 0 amide bonds. The molecule has 0 aromatic rings. The number of hydrogen-bond donors (Lipinski definition) is 1. The monoisotopic (exact) mass is 189 g/mol. The van der Waals surface area contributed by atoms with Crippen LogP contribution < -0.4 is 5.32 Å². The van der Waals surface area contributed by atoms with E-state index in [9.17, 15) is 0 Å². The Morgan fingerprint density at radius 1 is 1.33 bits per heavy atom. The van der Waals surface area contributed by atoms with Crippen LogP contribution in [-0.4, -0.2) is 18.0 Å². The molecule has 0 aromatic carbocycles. The summed E-state index contributed by atoms with van der Waals surface area (Å²) in [7, 11) is 0. The normalized spacial score (nSPS) is 22.5.